The molecule has 0 aromatic carbocycles. The smallest absolute Gasteiger partial charge is 0.305 e. The van der Waals surface area contributed by atoms with Crippen LogP contribution in [0.25, 0.3) is 0 Å². The van der Waals surface area contributed by atoms with Crippen LogP contribution < -0.4 is 0 Å². The van der Waals surface area contributed by atoms with E-state index in [-0.39, 0.29) is 5.97 Å². The molecule has 2 saturated carbocycles. The van der Waals surface area contributed by atoms with E-state index in [9.17, 15) is 4.79 Å². The number of carbonyl (C=O) groups excluding carboxylic acids is 1. The van der Waals surface area contributed by atoms with Gasteiger partial charge < -0.3 is 4.74 Å². The SMILES string of the molecule is COC(=O)CC1[CH]CCC2CCCCC12. The highest BCUT2D eigenvalue weighted by molar-refractivity contribution is 5.69. The van der Waals surface area contributed by atoms with Crippen molar-refractivity contribution in [2.45, 2.75) is 44.9 Å². The minimum absolute atomic E-state index is 0.0394. The third-order valence-electron chi connectivity index (χ3n) is 4.15. The van der Waals surface area contributed by atoms with Crippen LogP contribution in [-0.4, -0.2) is 13.1 Å². The Hall–Kier alpha value is -0.530. The van der Waals surface area contributed by atoms with E-state index in [0.717, 1.165) is 11.8 Å². The Bertz CT molecular complexity index is 223. The third kappa shape index (κ3) is 2.53. The van der Waals surface area contributed by atoms with Crippen LogP contribution in [0.5, 0.6) is 0 Å². The fourth-order valence-electron chi connectivity index (χ4n) is 3.37. The van der Waals surface area contributed by atoms with Gasteiger partial charge >= 0.3 is 5.97 Å². The lowest BCUT2D eigenvalue weighted by Gasteiger charge is -2.40. The van der Waals surface area contributed by atoms with E-state index in [1.54, 1.807) is 0 Å². The van der Waals surface area contributed by atoms with E-state index in [1.807, 2.05) is 0 Å². The lowest BCUT2D eigenvalue weighted by molar-refractivity contribution is -0.142. The molecular formula is C13H21O2. The molecule has 0 N–H and O–H groups in total. The molecule has 15 heavy (non-hydrogen) atoms. The van der Waals surface area contributed by atoms with Crippen LogP contribution in [0.15, 0.2) is 0 Å². The summed E-state index contributed by atoms with van der Waals surface area (Å²) in [7, 11) is 1.49. The summed E-state index contributed by atoms with van der Waals surface area (Å²) in [4.78, 5) is 11.3. The maximum atomic E-state index is 11.3. The van der Waals surface area contributed by atoms with Gasteiger partial charge in [0.05, 0.1) is 7.11 Å². The summed E-state index contributed by atoms with van der Waals surface area (Å²) in [5, 5.41) is 0. The first-order valence-corrected chi connectivity index (χ1v) is 6.21. The highest BCUT2D eigenvalue weighted by Crippen LogP contribution is 2.44. The number of carbonyl (C=O) groups is 1. The summed E-state index contributed by atoms with van der Waals surface area (Å²) in [6.07, 6.45) is 11.0. The van der Waals surface area contributed by atoms with Crippen molar-refractivity contribution in [1.29, 1.82) is 0 Å². The summed E-state index contributed by atoms with van der Waals surface area (Å²) >= 11 is 0. The Morgan fingerprint density at radius 2 is 2.13 bits per heavy atom. The molecule has 3 atom stereocenters. The van der Waals surface area contributed by atoms with Gasteiger partial charge in [0, 0.05) is 6.42 Å². The van der Waals surface area contributed by atoms with Crippen molar-refractivity contribution in [1.82, 2.24) is 0 Å². The largest absolute Gasteiger partial charge is 0.469 e. The molecule has 2 nitrogen and oxygen atoms in total. The molecule has 2 aliphatic carbocycles. The number of ether oxygens (including phenoxy) is 1. The second-order valence-electron chi connectivity index (χ2n) is 4.97. The first-order chi connectivity index (χ1) is 7.31. The van der Waals surface area contributed by atoms with Crippen LogP contribution in [0.4, 0.5) is 0 Å². The number of hydrogen-bond donors (Lipinski definition) is 0. The zero-order valence-corrected chi connectivity index (χ0v) is 9.58. The molecule has 0 bridgehead atoms. The zero-order chi connectivity index (χ0) is 10.7. The highest BCUT2D eigenvalue weighted by Gasteiger charge is 2.35. The van der Waals surface area contributed by atoms with Gasteiger partial charge in [-0.3, -0.25) is 4.79 Å². The topological polar surface area (TPSA) is 26.3 Å². The molecular weight excluding hydrogens is 188 g/mol. The maximum absolute atomic E-state index is 11.3. The summed E-state index contributed by atoms with van der Waals surface area (Å²) in [5.41, 5.74) is 0. The second-order valence-corrected chi connectivity index (χ2v) is 4.97. The van der Waals surface area contributed by atoms with Crippen LogP contribution in [0.1, 0.15) is 44.9 Å². The second kappa shape index (κ2) is 5.00. The molecule has 2 fully saturated rings. The molecule has 2 rings (SSSR count). The quantitative estimate of drug-likeness (QED) is 0.653. The van der Waals surface area contributed by atoms with Crippen LogP contribution in [0.3, 0.4) is 0 Å². The first kappa shape index (κ1) is 11.0. The molecule has 0 aromatic rings. The predicted molar refractivity (Wildman–Crippen MR) is 59.1 cm³/mol. The van der Waals surface area contributed by atoms with Crippen molar-refractivity contribution in [2.75, 3.05) is 7.11 Å². The van der Waals surface area contributed by atoms with E-state index >= 15 is 0 Å². The lowest BCUT2D eigenvalue weighted by Crippen LogP contribution is -2.32. The normalized spacial score (nSPS) is 35.7. The number of esters is 1. The summed E-state index contributed by atoms with van der Waals surface area (Å²) in [6.45, 7) is 0. The van der Waals surface area contributed by atoms with E-state index in [1.165, 1.54) is 45.6 Å². The first-order valence-electron chi connectivity index (χ1n) is 6.21. The Kier molecular flexibility index (Phi) is 3.66. The van der Waals surface area contributed by atoms with Gasteiger partial charge in [0.1, 0.15) is 0 Å². The highest BCUT2D eigenvalue weighted by atomic mass is 16.5. The van der Waals surface area contributed by atoms with Crippen molar-refractivity contribution in [3.8, 4) is 0 Å². The lowest BCUT2D eigenvalue weighted by atomic mass is 9.65. The zero-order valence-electron chi connectivity index (χ0n) is 9.58. The molecule has 2 heteroatoms. The minimum atomic E-state index is -0.0394. The van der Waals surface area contributed by atoms with Crippen LogP contribution >= 0.6 is 0 Å². The molecule has 3 unspecified atom stereocenters. The standard InChI is InChI=1S/C13H21O2/c1-15-13(14)9-11-7-4-6-10-5-2-3-8-12(10)11/h7,10-12H,2-6,8-9H2,1H3. The van der Waals surface area contributed by atoms with Gasteiger partial charge in [0.15, 0.2) is 0 Å². The molecule has 0 saturated heterocycles. The van der Waals surface area contributed by atoms with E-state index < -0.39 is 0 Å². The molecule has 2 aliphatic rings. The molecule has 1 radical (unpaired) electrons. The minimum Gasteiger partial charge on any atom is -0.469 e. The monoisotopic (exact) mass is 209 g/mol. The van der Waals surface area contributed by atoms with Crippen molar-refractivity contribution in [3.63, 3.8) is 0 Å². The van der Waals surface area contributed by atoms with Crippen LogP contribution in [0.2, 0.25) is 0 Å². The average molecular weight is 209 g/mol. The van der Waals surface area contributed by atoms with Gasteiger partial charge in [0.2, 0.25) is 0 Å². The van der Waals surface area contributed by atoms with E-state index in [2.05, 4.69) is 6.42 Å². The summed E-state index contributed by atoms with van der Waals surface area (Å²) in [6, 6.07) is 0. The van der Waals surface area contributed by atoms with Gasteiger partial charge in [0.25, 0.3) is 0 Å². The summed E-state index contributed by atoms with van der Waals surface area (Å²) in [5.74, 6) is 2.11. The molecule has 0 amide bonds. The third-order valence-corrected chi connectivity index (χ3v) is 4.15. The maximum Gasteiger partial charge on any atom is 0.305 e. The number of rotatable bonds is 2. The van der Waals surface area contributed by atoms with E-state index in [4.69, 9.17) is 4.74 Å². The van der Waals surface area contributed by atoms with Gasteiger partial charge in [-0.1, -0.05) is 19.3 Å². The van der Waals surface area contributed by atoms with Crippen LogP contribution in [-0.2, 0) is 9.53 Å². The van der Waals surface area contributed by atoms with Crippen molar-refractivity contribution < 1.29 is 9.53 Å². The molecule has 85 valence electrons. The van der Waals surface area contributed by atoms with Gasteiger partial charge in [-0.15, -0.1) is 0 Å². The number of methoxy groups -OCH3 is 1. The molecule has 0 aliphatic heterocycles. The predicted octanol–water partition coefficient (Wildman–Crippen LogP) is 2.97. The van der Waals surface area contributed by atoms with E-state index in [0.29, 0.717) is 12.3 Å². The van der Waals surface area contributed by atoms with Crippen molar-refractivity contribution in [3.05, 3.63) is 6.42 Å². The average Bonchev–Trinajstić information content (AvgIpc) is 2.29. The number of hydrogen-bond acceptors (Lipinski definition) is 2. The summed E-state index contributed by atoms with van der Waals surface area (Å²) < 4.78 is 4.77. The van der Waals surface area contributed by atoms with Crippen LogP contribution in [0, 0.1) is 24.2 Å². The number of fused-ring (bicyclic) bond motifs is 1. The van der Waals surface area contributed by atoms with Crippen molar-refractivity contribution >= 4 is 5.97 Å². The fraction of sp³-hybridized carbons (Fsp3) is 0.846. The Balaban J connectivity index is 1.94. The van der Waals surface area contributed by atoms with Gasteiger partial charge in [-0.25, -0.2) is 0 Å². The van der Waals surface area contributed by atoms with Crippen molar-refractivity contribution in [2.24, 2.45) is 17.8 Å². The Morgan fingerprint density at radius 3 is 2.93 bits per heavy atom. The Morgan fingerprint density at radius 1 is 1.33 bits per heavy atom. The fourth-order valence-corrected chi connectivity index (χ4v) is 3.37. The van der Waals surface area contributed by atoms with Gasteiger partial charge in [-0.05, 0) is 43.4 Å². The molecule has 0 spiro atoms. The molecule has 0 aromatic heterocycles. The Labute approximate surface area is 92.4 Å². The van der Waals surface area contributed by atoms with Gasteiger partial charge in [-0.2, -0.15) is 0 Å². The molecule has 0 heterocycles.